The van der Waals surface area contributed by atoms with Crippen LogP contribution in [-0.2, 0) is 12.8 Å². The Morgan fingerprint density at radius 2 is 1.78 bits per heavy atom. The van der Waals surface area contributed by atoms with E-state index in [9.17, 15) is 5.11 Å². The Balaban J connectivity index is 2.13. The number of hydrogen-bond donors (Lipinski definition) is 1. The van der Waals surface area contributed by atoms with Gasteiger partial charge in [-0.2, -0.15) is 0 Å². The molecule has 0 saturated carbocycles. The van der Waals surface area contributed by atoms with Crippen LogP contribution < -0.4 is 0 Å². The minimum atomic E-state index is -0.436. The Kier molecular flexibility index (Phi) is 4.15. The monoisotopic (exact) mass is 261 g/mol. The summed E-state index contributed by atoms with van der Waals surface area (Å²) in [5, 5.41) is 10.3. The van der Waals surface area contributed by atoms with Crippen LogP contribution in [-0.4, -0.2) is 10.1 Å². The molecule has 1 unspecified atom stereocenters. The summed E-state index contributed by atoms with van der Waals surface area (Å²) in [6, 6.07) is 8.20. The zero-order valence-electron chi connectivity index (χ0n) is 11.1. The van der Waals surface area contributed by atoms with Gasteiger partial charge in [0.05, 0.1) is 6.10 Å². The molecule has 1 atom stereocenters. The van der Waals surface area contributed by atoms with Gasteiger partial charge in [-0.05, 0) is 50.1 Å². The van der Waals surface area contributed by atoms with Gasteiger partial charge < -0.3 is 5.11 Å². The Morgan fingerprint density at radius 1 is 1.17 bits per heavy atom. The highest BCUT2D eigenvalue weighted by Crippen LogP contribution is 2.24. The highest BCUT2D eigenvalue weighted by molar-refractivity contribution is 7.11. The van der Waals surface area contributed by atoms with Crippen molar-refractivity contribution >= 4 is 11.3 Å². The third-order valence-corrected chi connectivity index (χ3v) is 4.20. The van der Waals surface area contributed by atoms with Crippen LogP contribution in [0.15, 0.2) is 24.3 Å². The molecule has 0 aliphatic rings. The Labute approximate surface area is 112 Å². The van der Waals surface area contributed by atoms with E-state index in [0.717, 1.165) is 23.4 Å². The SMILES string of the molecule is CCc1ccc(CC(O)c2cc(C)nc(C)c2)s1. The van der Waals surface area contributed by atoms with Gasteiger partial charge in [-0.25, -0.2) is 0 Å². The Hall–Kier alpha value is -1.19. The molecular weight excluding hydrogens is 242 g/mol. The minimum Gasteiger partial charge on any atom is -0.388 e. The van der Waals surface area contributed by atoms with Gasteiger partial charge in [-0.3, -0.25) is 4.98 Å². The summed E-state index contributed by atoms with van der Waals surface area (Å²) in [5.41, 5.74) is 2.89. The lowest BCUT2D eigenvalue weighted by Gasteiger charge is -2.11. The fourth-order valence-electron chi connectivity index (χ4n) is 2.09. The summed E-state index contributed by atoms with van der Waals surface area (Å²) >= 11 is 1.79. The van der Waals surface area contributed by atoms with E-state index in [2.05, 4.69) is 24.0 Å². The Morgan fingerprint density at radius 3 is 2.33 bits per heavy atom. The quantitative estimate of drug-likeness (QED) is 0.912. The van der Waals surface area contributed by atoms with Crippen LogP contribution >= 0.6 is 11.3 Å². The molecule has 2 heterocycles. The van der Waals surface area contributed by atoms with Crippen LogP contribution in [0.4, 0.5) is 0 Å². The van der Waals surface area contributed by atoms with Crippen molar-refractivity contribution < 1.29 is 5.11 Å². The molecule has 0 aromatic carbocycles. The zero-order chi connectivity index (χ0) is 13.1. The molecule has 0 aliphatic carbocycles. The lowest BCUT2D eigenvalue weighted by atomic mass is 10.1. The van der Waals surface area contributed by atoms with E-state index in [1.165, 1.54) is 9.75 Å². The molecular formula is C15H19NOS. The van der Waals surface area contributed by atoms with Crippen molar-refractivity contribution in [2.24, 2.45) is 0 Å². The summed E-state index contributed by atoms with van der Waals surface area (Å²) in [6.07, 6.45) is 1.32. The van der Waals surface area contributed by atoms with Gasteiger partial charge in [0, 0.05) is 27.6 Å². The maximum Gasteiger partial charge on any atom is 0.0839 e. The van der Waals surface area contributed by atoms with Crippen LogP contribution in [0.5, 0.6) is 0 Å². The fraction of sp³-hybridized carbons (Fsp3) is 0.400. The second kappa shape index (κ2) is 5.63. The van der Waals surface area contributed by atoms with Gasteiger partial charge in [-0.15, -0.1) is 11.3 Å². The van der Waals surface area contributed by atoms with E-state index < -0.39 is 6.10 Å². The predicted octanol–water partition coefficient (Wildman–Crippen LogP) is 3.60. The standard InChI is InChI=1S/C15H19NOS/c1-4-13-5-6-14(18-13)9-15(17)12-7-10(2)16-11(3)8-12/h5-8,15,17H,4,9H2,1-3H3. The van der Waals surface area contributed by atoms with E-state index in [-0.39, 0.29) is 0 Å². The van der Waals surface area contributed by atoms with Gasteiger partial charge in [0.25, 0.3) is 0 Å². The van der Waals surface area contributed by atoms with Crippen molar-refractivity contribution in [3.05, 3.63) is 51.0 Å². The maximum atomic E-state index is 10.3. The van der Waals surface area contributed by atoms with Gasteiger partial charge in [-0.1, -0.05) is 6.92 Å². The second-order valence-corrected chi connectivity index (χ2v) is 5.88. The normalized spacial score (nSPS) is 12.7. The zero-order valence-corrected chi connectivity index (χ0v) is 11.9. The molecule has 0 amide bonds. The first-order valence-electron chi connectivity index (χ1n) is 6.29. The van der Waals surface area contributed by atoms with Crippen LogP contribution in [0.1, 0.15) is 39.7 Å². The smallest absolute Gasteiger partial charge is 0.0839 e. The average molecular weight is 261 g/mol. The molecule has 0 fully saturated rings. The number of aryl methyl sites for hydroxylation is 3. The van der Waals surface area contributed by atoms with E-state index in [4.69, 9.17) is 0 Å². The van der Waals surface area contributed by atoms with E-state index in [0.29, 0.717) is 6.42 Å². The molecule has 0 spiro atoms. The van der Waals surface area contributed by atoms with E-state index >= 15 is 0 Å². The molecule has 1 N–H and O–H groups in total. The maximum absolute atomic E-state index is 10.3. The number of hydrogen-bond acceptors (Lipinski definition) is 3. The van der Waals surface area contributed by atoms with Crippen molar-refractivity contribution in [1.29, 1.82) is 0 Å². The third kappa shape index (κ3) is 3.18. The summed E-state index contributed by atoms with van der Waals surface area (Å²) < 4.78 is 0. The number of rotatable bonds is 4. The summed E-state index contributed by atoms with van der Waals surface area (Å²) in [4.78, 5) is 6.95. The molecule has 0 aliphatic heterocycles. The molecule has 2 aromatic heterocycles. The molecule has 3 heteroatoms. The number of aliphatic hydroxyl groups excluding tert-OH is 1. The molecule has 2 nitrogen and oxygen atoms in total. The van der Waals surface area contributed by atoms with E-state index in [1.54, 1.807) is 11.3 Å². The van der Waals surface area contributed by atoms with Crippen LogP contribution in [0.3, 0.4) is 0 Å². The number of aromatic nitrogens is 1. The molecule has 0 radical (unpaired) electrons. The number of pyridine rings is 1. The topological polar surface area (TPSA) is 33.1 Å². The summed E-state index contributed by atoms with van der Waals surface area (Å²) in [5.74, 6) is 0. The van der Waals surface area contributed by atoms with Crippen molar-refractivity contribution in [3.8, 4) is 0 Å². The third-order valence-electron chi connectivity index (χ3n) is 2.95. The van der Waals surface area contributed by atoms with Crippen LogP contribution in [0.2, 0.25) is 0 Å². The summed E-state index contributed by atoms with van der Waals surface area (Å²) in [6.45, 7) is 6.08. The largest absolute Gasteiger partial charge is 0.388 e. The van der Waals surface area contributed by atoms with Crippen molar-refractivity contribution in [1.82, 2.24) is 4.98 Å². The highest BCUT2D eigenvalue weighted by atomic mass is 32.1. The molecule has 96 valence electrons. The first-order valence-corrected chi connectivity index (χ1v) is 7.11. The average Bonchev–Trinajstić information content (AvgIpc) is 2.75. The fourth-order valence-corrected chi connectivity index (χ4v) is 3.08. The Bertz CT molecular complexity index is 513. The number of nitrogens with zero attached hydrogens (tertiary/aromatic N) is 1. The predicted molar refractivity (Wildman–Crippen MR) is 76.1 cm³/mol. The van der Waals surface area contributed by atoms with Gasteiger partial charge in [0.2, 0.25) is 0 Å². The first kappa shape index (κ1) is 13.2. The van der Waals surface area contributed by atoms with E-state index in [1.807, 2.05) is 26.0 Å². The molecule has 2 rings (SSSR count). The lowest BCUT2D eigenvalue weighted by molar-refractivity contribution is 0.179. The van der Waals surface area contributed by atoms with Gasteiger partial charge in [0.15, 0.2) is 0 Å². The van der Waals surface area contributed by atoms with Gasteiger partial charge in [0.1, 0.15) is 0 Å². The highest BCUT2D eigenvalue weighted by Gasteiger charge is 2.11. The minimum absolute atomic E-state index is 0.436. The first-order chi connectivity index (χ1) is 8.58. The second-order valence-electron chi connectivity index (χ2n) is 4.62. The molecule has 0 bridgehead atoms. The molecule has 2 aromatic rings. The van der Waals surface area contributed by atoms with Crippen molar-refractivity contribution in [2.45, 2.75) is 39.7 Å². The number of thiophene rings is 1. The number of aliphatic hydroxyl groups is 1. The van der Waals surface area contributed by atoms with Crippen molar-refractivity contribution in [2.75, 3.05) is 0 Å². The molecule has 18 heavy (non-hydrogen) atoms. The summed E-state index contributed by atoms with van der Waals surface area (Å²) in [7, 11) is 0. The van der Waals surface area contributed by atoms with Gasteiger partial charge >= 0.3 is 0 Å². The van der Waals surface area contributed by atoms with Crippen LogP contribution in [0.25, 0.3) is 0 Å². The van der Waals surface area contributed by atoms with Crippen LogP contribution in [0, 0.1) is 13.8 Å². The van der Waals surface area contributed by atoms with Crippen molar-refractivity contribution in [3.63, 3.8) is 0 Å². The molecule has 0 saturated heterocycles. The lowest BCUT2D eigenvalue weighted by Crippen LogP contribution is -2.02.